The number of aromatic nitrogens is 2. The van der Waals surface area contributed by atoms with Crippen molar-refractivity contribution in [2.75, 3.05) is 0 Å². The maximum atomic E-state index is 12.2. The van der Waals surface area contributed by atoms with Crippen molar-refractivity contribution in [1.29, 1.82) is 0 Å². The number of nitrogens with zero attached hydrogens (tertiary/aromatic N) is 2. The third-order valence-electron chi connectivity index (χ3n) is 2.27. The molecular formula is C11H12F2N2O. The van der Waals surface area contributed by atoms with E-state index >= 15 is 0 Å². The van der Waals surface area contributed by atoms with E-state index in [1.54, 1.807) is 16.7 Å². The molecule has 0 amide bonds. The third-order valence-corrected chi connectivity index (χ3v) is 2.27. The molecule has 2 aromatic heterocycles. The molecule has 0 aliphatic rings. The van der Waals surface area contributed by atoms with E-state index in [-0.39, 0.29) is 11.7 Å². The summed E-state index contributed by atoms with van der Waals surface area (Å²) in [7, 11) is 0. The summed E-state index contributed by atoms with van der Waals surface area (Å²) < 4.78 is 30.4. The van der Waals surface area contributed by atoms with Crippen molar-refractivity contribution in [2.45, 2.75) is 26.4 Å². The lowest BCUT2D eigenvalue weighted by Crippen LogP contribution is -2.03. The zero-order valence-corrected chi connectivity index (χ0v) is 9.02. The SMILES string of the molecule is CC(C)c1cn2cccc(OC(F)F)c2n1. The highest BCUT2D eigenvalue weighted by molar-refractivity contribution is 5.54. The van der Waals surface area contributed by atoms with Gasteiger partial charge in [0, 0.05) is 12.4 Å². The standard InChI is InChI=1S/C11H12F2N2O/c1-7(2)8-6-15-5-3-4-9(10(15)14-8)16-11(12)13/h3-7,11H,1-2H3. The highest BCUT2D eigenvalue weighted by Crippen LogP contribution is 2.23. The third kappa shape index (κ3) is 1.98. The molecule has 0 aliphatic carbocycles. The van der Waals surface area contributed by atoms with Gasteiger partial charge in [0.05, 0.1) is 5.69 Å². The number of halogens is 2. The summed E-state index contributed by atoms with van der Waals surface area (Å²) in [5, 5.41) is 0. The molecule has 0 aliphatic heterocycles. The van der Waals surface area contributed by atoms with Crippen LogP contribution in [-0.2, 0) is 0 Å². The number of hydrogen-bond acceptors (Lipinski definition) is 2. The smallest absolute Gasteiger partial charge is 0.387 e. The second kappa shape index (κ2) is 4.08. The number of pyridine rings is 1. The van der Waals surface area contributed by atoms with Gasteiger partial charge in [-0.2, -0.15) is 8.78 Å². The first-order valence-corrected chi connectivity index (χ1v) is 5.00. The molecular weight excluding hydrogens is 214 g/mol. The molecule has 2 rings (SSSR count). The normalized spacial score (nSPS) is 11.6. The summed E-state index contributed by atoms with van der Waals surface area (Å²) in [6.45, 7) is 1.16. The van der Waals surface area contributed by atoms with Gasteiger partial charge >= 0.3 is 6.61 Å². The number of rotatable bonds is 3. The second-order valence-electron chi connectivity index (χ2n) is 3.80. The Bertz CT molecular complexity index is 494. The van der Waals surface area contributed by atoms with Crippen molar-refractivity contribution < 1.29 is 13.5 Å². The van der Waals surface area contributed by atoms with Gasteiger partial charge in [-0.25, -0.2) is 4.98 Å². The van der Waals surface area contributed by atoms with Gasteiger partial charge in [-0.1, -0.05) is 13.8 Å². The minimum atomic E-state index is -2.83. The fraction of sp³-hybridized carbons (Fsp3) is 0.364. The van der Waals surface area contributed by atoms with Crippen LogP contribution in [0.25, 0.3) is 5.65 Å². The molecule has 0 N–H and O–H groups in total. The molecule has 0 radical (unpaired) electrons. The van der Waals surface area contributed by atoms with Gasteiger partial charge in [-0.05, 0) is 18.1 Å². The van der Waals surface area contributed by atoms with Crippen molar-refractivity contribution >= 4 is 5.65 Å². The van der Waals surface area contributed by atoms with E-state index in [0.29, 0.717) is 5.65 Å². The van der Waals surface area contributed by atoms with E-state index in [4.69, 9.17) is 0 Å². The largest absolute Gasteiger partial charge is 0.431 e. The predicted octanol–water partition coefficient (Wildman–Crippen LogP) is 3.06. The van der Waals surface area contributed by atoms with Crippen LogP contribution in [0.2, 0.25) is 0 Å². The van der Waals surface area contributed by atoms with E-state index in [1.807, 2.05) is 20.0 Å². The summed E-state index contributed by atoms with van der Waals surface area (Å²) in [5.74, 6) is 0.351. The first-order valence-electron chi connectivity index (χ1n) is 5.00. The maximum Gasteiger partial charge on any atom is 0.387 e. The van der Waals surface area contributed by atoms with E-state index in [1.165, 1.54) is 6.07 Å². The Morgan fingerprint density at radius 2 is 2.12 bits per heavy atom. The first-order chi connectivity index (χ1) is 7.58. The lowest BCUT2D eigenvalue weighted by molar-refractivity contribution is -0.0491. The number of hydrogen-bond donors (Lipinski definition) is 0. The van der Waals surface area contributed by atoms with Crippen molar-refractivity contribution in [3.8, 4) is 5.75 Å². The average molecular weight is 226 g/mol. The summed E-state index contributed by atoms with van der Waals surface area (Å²) in [6, 6.07) is 3.13. The second-order valence-corrected chi connectivity index (χ2v) is 3.80. The molecule has 0 bridgehead atoms. The van der Waals surface area contributed by atoms with E-state index in [9.17, 15) is 8.78 Å². The number of fused-ring (bicyclic) bond motifs is 1. The Morgan fingerprint density at radius 3 is 2.75 bits per heavy atom. The topological polar surface area (TPSA) is 26.5 Å². The Hall–Kier alpha value is -1.65. The van der Waals surface area contributed by atoms with E-state index in [2.05, 4.69) is 9.72 Å². The van der Waals surface area contributed by atoms with Crippen LogP contribution in [0.4, 0.5) is 8.78 Å². The molecule has 0 saturated heterocycles. The zero-order valence-electron chi connectivity index (χ0n) is 9.02. The molecule has 3 nitrogen and oxygen atoms in total. The van der Waals surface area contributed by atoms with Crippen LogP contribution in [0, 0.1) is 0 Å². The maximum absolute atomic E-state index is 12.2. The Morgan fingerprint density at radius 1 is 1.38 bits per heavy atom. The van der Waals surface area contributed by atoms with Crippen LogP contribution < -0.4 is 4.74 Å². The van der Waals surface area contributed by atoms with Crippen molar-refractivity contribution in [2.24, 2.45) is 0 Å². The molecule has 0 fully saturated rings. The minimum absolute atomic E-state index is 0.101. The number of alkyl halides is 2. The predicted molar refractivity (Wildman–Crippen MR) is 55.9 cm³/mol. The minimum Gasteiger partial charge on any atom is -0.431 e. The van der Waals surface area contributed by atoms with Gasteiger partial charge < -0.3 is 9.14 Å². The van der Waals surface area contributed by atoms with Gasteiger partial charge in [0.15, 0.2) is 11.4 Å². The summed E-state index contributed by atoms with van der Waals surface area (Å²) in [4.78, 5) is 4.27. The van der Waals surface area contributed by atoms with Crippen molar-refractivity contribution in [3.63, 3.8) is 0 Å². The highest BCUT2D eigenvalue weighted by atomic mass is 19.3. The fourth-order valence-electron chi connectivity index (χ4n) is 1.47. The van der Waals surface area contributed by atoms with Crippen LogP contribution >= 0.6 is 0 Å². The molecule has 0 spiro atoms. The summed E-state index contributed by atoms with van der Waals surface area (Å²) in [5.41, 5.74) is 1.27. The Kier molecular flexibility index (Phi) is 2.77. The number of ether oxygens (including phenoxy) is 1. The molecule has 0 unspecified atom stereocenters. The molecule has 2 heterocycles. The van der Waals surface area contributed by atoms with Crippen molar-refractivity contribution in [1.82, 2.24) is 9.38 Å². The van der Waals surface area contributed by atoms with Crippen LogP contribution in [-0.4, -0.2) is 16.0 Å². The number of imidazole rings is 1. The average Bonchev–Trinajstić information content (AvgIpc) is 2.61. The molecule has 2 aromatic rings. The molecule has 16 heavy (non-hydrogen) atoms. The van der Waals surface area contributed by atoms with Crippen LogP contribution in [0.15, 0.2) is 24.5 Å². The van der Waals surface area contributed by atoms with Gasteiger partial charge in [-0.15, -0.1) is 0 Å². The van der Waals surface area contributed by atoms with Crippen LogP contribution in [0.5, 0.6) is 5.75 Å². The molecule has 0 saturated carbocycles. The van der Waals surface area contributed by atoms with Crippen LogP contribution in [0.3, 0.4) is 0 Å². The highest BCUT2D eigenvalue weighted by Gasteiger charge is 2.12. The Balaban J connectivity index is 2.50. The molecule has 86 valence electrons. The Labute approximate surface area is 91.7 Å². The molecule has 0 aromatic carbocycles. The fourth-order valence-corrected chi connectivity index (χ4v) is 1.47. The van der Waals surface area contributed by atoms with E-state index in [0.717, 1.165) is 5.69 Å². The van der Waals surface area contributed by atoms with Gasteiger partial charge in [0.1, 0.15) is 0 Å². The van der Waals surface area contributed by atoms with Gasteiger partial charge in [0.2, 0.25) is 0 Å². The molecule has 5 heteroatoms. The monoisotopic (exact) mass is 226 g/mol. The first kappa shape index (κ1) is 10.9. The molecule has 0 atom stereocenters. The zero-order chi connectivity index (χ0) is 11.7. The summed E-state index contributed by atoms with van der Waals surface area (Å²) >= 11 is 0. The van der Waals surface area contributed by atoms with E-state index < -0.39 is 6.61 Å². The van der Waals surface area contributed by atoms with Crippen LogP contribution in [0.1, 0.15) is 25.5 Å². The summed E-state index contributed by atoms with van der Waals surface area (Å²) in [6.07, 6.45) is 3.57. The van der Waals surface area contributed by atoms with Gasteiger partial charge in [0.25, 0.3) is 0 Å². The quantitative estimate of drug-likeness (QED) is 0.804. The van der Waals surface area contributed by atoms with Gasteiger partial charge in [-0.3, -0.25) is 0 Å². The lowest BCUT2D eigenvalue weighted by Gasteiger charge is -2.04. The van der Waals surface area contributed by atoms with Crippen molar-refractivity contribution in [3.05, 3.63) is 30.2 Å². The lowest BCUT2D eigenvalue weighted by atomic mass is 10.2.